The zero-order valence-electron chi connectivity index (χ0n) is 20.7. The molecule has 3 amide bonds. The molecule has 3 atom stereocenters. The first kappa shape index (κ1) is 25.0. The van der Waals surface area contributed by atoms with Crippen LogP contribution in [-0.4, -0.2) is 54.0 Å². The highest BCUT2D eigenvalue weighted by Crippen LogP contribution is 2.63. The standard InChI is InChI=1S/C28H34ClFN4O2/c1-19(35)31-22-6-4-5-20(15-22)28-10-9-24(16-21(28)18-28)34(14-13-33-11-2-3-12-33)27(36)32-23-7-8-26(30)25(29)17-23/h4-8,15,17,21,24H,2-3,9-14,16,18H2,1H3,(H,31,35)(H,32,36)/t21?,24-,28-/m1/s1. The number of hydrogen-bond acceptors (Lipinski definition) is 3. The maximum absolute atomic E-state index is 13.6. The van der Waals surface area contributed by atoms with Crippen LogP contribution < -0.4 is 10.6 Å². The zero-order chi connectivity index (χ0) is 25.3. The third kappa shape index (κ3) is 5.37. The Balaban J connectivity index is 1.28. The Bertz CT molecular complexity index is 1140. The van der Waals surface area contributed by atoms with Gasteiger partial charge in [-0.1, -0.05) is 23.7 Å². The fraction of sp³-hybridized carbons (Fsp3) is 0.500. The summed E-state index contributed by atoms with van der Waals surface area (Å²) in [6.45, 7) is 5.23. The lowest BCUT2D eigenvalue weighted by molar-refractivity contribution is -0.114. The molecule has 36 heavy (non-hydrogen) atoms. The molecule has 2 aliphatic carbocycles. The van der Waals surface area contributed by atoms with Crippen molar-refractivity contribution in [3.63, 3.8) is 0 Å². The van der Waals surface area contributed by atoms with Crippen molar-refractivity contribution in [2.24, 2.45) is 5.92 Å². The van der Waals surface area contributed by atoms with Crippen LogP contribution in [-0.2, 0) is 10.2 Å². The number of amides is 3. The van der Waals surface area contributed by atoms with Crippen LogP contribution in [0.2, 0.25) is 5.02 Å². The van der Waals surface area contributed by atoms with Gasteiger partial charge in [0.05, 0.1) is 5.02 Å². The number of fused-ring (bicyclic) bond motifs is 1. The molecule has 1 unspecified atom stereocenters. The molecule has 1 aliphatic heterocycles. The monoisotopic (exact) mass is 512 g/mol. The first-order chi connectivity index (χ1) is 17.3. The Morgan fingerprint density at radius 1 is 1.14 bits per heavy atom. The number of benzene rings is 2. The maximum atomic E-state index is 13.6. The molecule has 0 spiro atoms. The van der Waals surface area contributed by atoms with Gasteiger partial charge >= 0.3 is 6.03 Å². The Morgan fingerprint density at radius 2 is 1.92 bits per heavy atom. The van der Waals surface area contributed by atoms with Gasteiger partial charge in [0, 0.05) is 37.4 Å². The van der Waals surface area contributed by atoms with Crippen LogP contribution in [0.4, 0.5) is 20.6 Å². The molecule has 6 nitrogen and oxygen atoms in total. The summed E-state index contributed by atoms with van der Waals surface area (Å²) >= 11 is 5.94. The lowest BCUT2D eigenvalue weighted by Gasteiger charge is -2.37. The predicted octanol–water partition coefficient (Wildman–Crippen LogP) is 5.88. The fourth-order valence-corrected chi connectivity index (χ4v) is 6.41. The number of halogens is 2. The fourth-order valence-electron chi connectivity index (χ4n) is 6.23. The third-order valence-electron chi connectivity index (χ3n) is 8.20. The van der Waals surface area contributed by atoms with Crippen LogP contribution in [0.3, 0.4) is 0 Å². The summed E-state index contributed by atoms with van der Waals surface area (Å²) in [4.78, 5) is 29.4. The van der Waals surface area contributed by atoms with Crippen LogP contribution in [0, 0.1) is 11.7 Å². The van der Waals surface area contributed by atoms with Gasteiger partial charge in [0.15, 0.2) is 0 Å². The molecular formula is C28H34ClFN4O2. The van der Waals surface area contributed by atoms with Crippen molar-refractivity contribution in [1.29, 1.82) is 0 Å². The van der Waals surface area contributed by atoms with E-state index in [0.29, 0.717) is 18.2 Å². The van der Waals surface area contributed by atoms with Gasteiger partial charge in [-0.2, -0.15) is 0 Å². The van der Waals surface area contributed by atoms with E-state index < -0.39 is 5.82 Å². The Hall–Kier alpha value is -2.64. The van der Waals surface area contributed by atoms with E-state index in [0.717, 1.165) is 51.0 Å². The minimum Gasteiger partial charge on any atom is -0.326 e. The molecule has 1 heterocycles. The first-order valence-corrected chi connectivity index (χ1v) is 13.3. The lowest BCUT2D eigenvalue weighted by Crippen LogP contribution is -2.48. The highest BCUT2D eigenvalue weighted by molar-refractivity contribution is 6.31. The largest absolute Gasteiger partial charge is 0.326 e. The van der Waals surface area contributed by atoms with E-state index in [1.54, 1.807) is 6.07 Å². The quantitative estimate of drug-likeness (QED) is 0.487. The van der Waals surface area contributed by atoms with Crippen LogP contribution in [0.5, 0.6) is 0 Å². The highest BCUT2D eigenvalue weighted by Gasteiger charge is 2.58. The molecule has 1 saturated heterocycles. The lowest BCUT2D eigenvalue weighted by atomic mass is 9.80. The Morgan fingerprint density at radius 3 is 2.64 bits per heavy atom. The molecule has 3 aliphatic rings. The first-order valence-electron chi connectivity index (χ1n) is 13.0. The summed E-state index contributed by atoms with van der Waals surface area (Å²) in [5.74, 6) is -0.0468. The smallest absolute Gasteiger partial charge is 0.322 e. The number of likely N-dealkylation sites (tertiary alicyclic amines) is 1. The minimum atomic E-state index is -0.500. The molecule has 2 aromatic carbocycles. The van der Waals surface area contributed by atoms with Crippen LogP contribution in [0.1, 0.15) is 51.0 Å². The van der Waals surface area contributed by atoms with Gasteiger partial charge in [-0.05, 0) is 98.8 Å². The molecule has 0 aromatic heterocycles. The van der Waals surface area contributed by atoms with E-state index in [2.05, 4.69) is 27.7 Å². The van der Waals surface area contributed by atoms with Crippen molar-refractivity contribution in [2.75, 3.05) is 36.8 Å². The second kappa shape index (κ2) is 10.4. The van der Waals surface area contributed by atoms with Gasteiger partial charge in [0.2, 0.25) is 5.91 Å². The Labute approximate surface area is 217 Å². The molecule has 8 heteroatoms. The Kier molecular flexibility index (Phi) is 7.22. The average Bonchev–Trinajstić information content (AvgIpc) is 3.36. The summed E-state index contributed by atoms with van der Waals surface area (Å²) < 4.78 is 13.6. The normalized spacial score (nSPS) is 25.2. The van der Waals surface area contributed by atoms with Gasteiger partial charge in [-0.15, -0.1) is 0 Å². The van der Waals surface area contributed by atoms with E-state index >= 15 is 0 Å². The third-order valence-corrected chi connectivity index (χ3v) is 8.49. The molecule has 0 radical (unpaired) electrons. The molecule has 2 aromatic rings. The van der Waals surface area contributed by atoms with Gasteiger partial charge in [0.1, 0.15) is 5.82 Å². The number of urea groups is 1. The van der Waals surface area contributed by atoms with E-state index in [1.165, 1.54) is 37.5 Å². The number of hydrogen-bond donors (Lipinski definition) is 2. The molecule has 5 rings (SSSR count). The second-order valence-corrected chi connectivity index (χ2v) is 11.0. The van der Waals surface area contributed by atoms with Crippen LogP contribution in [0.15, 0.2) is 42.5 Å². The minimum absolute atomic E-state index is 0.00154. The van der Waals surface area contributed by atoms with E-state index in [-0.39, 0.29) is 28.4 Å². The zero-order valence-corrected chi connectivity index (χ0v) is 21.5. The van der Waals surface area contributed by atoms with Crippen molar-refractivity contribution >= 4 is 34.9 Å². The van der Waals surface area contributed by atoms with Crippen LogP contribution in [0.25, 0.3) is 0 Å². The molecule has 192 valence electrons. The molecule has 2 saturated carbocycles. The molecule has 0 bridgehead atoms. The summed E-state index contributed by atoms with van der Waals surface area (Å²) in [6.07, 6.45) is 6.45. The highest BCUT2D eigenvalue weighted by atomic mass is 35.5. The summed E-state index contributed by atoms with van der Waals surface area (Å²) in [5, 5.41) is 5.85. The molecule has 3 fully saturated rings. The van der Waals surface area contributed by atoms with Crippen molar-refractivity contribution in [3.05, 3.63) is 58.9 Å². The van der Waals surface area contributed by atoms with Gasteiger partial charge in [0.25, 0.3) is 0 Å². The van der Waals surface area contributed by atoms with Gasteiger partial charge in [-0.3, -0.25) is 4.79 Å². The molecular weight excluding hydrogens is 479 g/mol. The average molecular weight is 513 g/mol. The van der Waals surface area contributed by atoms with Crippen LogP contribution >= 0.6 is 11.6 Å². The number of rotatable bonds is 7. The number of carbonyl (C=O) groups excluding carboxylic acids is 2. The van der Waals surface area contributed by atoms with E-state index in [9.17, 15) is 14.0 Å². The number of carbonyl (C=O) groups is 2. The van der Waals surface area contributed by atoms with Crippen molar-refractivity contribution < 1.29 is 14.0 Å². The topological polar surface area (TPSA) is 64.7 Å². The second-order valence-electron chi connectivity index (χ2n) is 10.5. The van der Waals surface area contributed by atoms with Gasteiger partial charge < -0.3 is 20.4 Å². The summed E-state index contributed by atoms with van der Waals surface area (Å²) in [6, 6.07) is 12.5. The van der Waals surface area contributed by atoms with Crippen molar-refractivity contribution in [3.8, 4) is 0 Å². The maximum Gasteiger partial charge on any atom is 0.322 e. The SMILES string of the molecule is CC(=O)Nc1cccc([C@]23CC[C@@H](N(CCN4CCCC4)C(=O)Nc4ccc(F)c(Cl)c4)CC2C3)c1. The van der Waals surface area contributed by atoms with Crippen molar-refractivity contribution in [2.45, 2.75) is 56.9 Å². The summed E-state index contributed by atoms with van der Waals surface area (Å²) in [7, 11) is 0. The predicted molar refractivity (Wildman–Crippen MR) is 141 cm³/mol. The molecule has 2 N–H and O–H groups in total. The van der Waals surface area contributed by atoms with E-state index in [4.69, 9.17) is 11.6 Å². The van der Waals surface area contributed by atoms with Crippen molar-refractivity contribution in [1.82, 2.24) is 9.80 Å². The number of nitrogens with zero attached hydrogens (tertiary/aromatic N) is 2. The number of anilines is 2. The summed E-state index contributed by atoms with van der Waals surface area (Å²) in [5.41, 5.74) is 2.77. The van der Waals surface area contributed by atoms with Gasteiger partial charge in [-0.25, -0.2) is 9.18 Å². The number of nitrogens with one attached hydrogen (secondary N) is 2. The van der Waals surface area contributed by atoms with E-state index in [1.807, 2.05) is 17.0 Å².